The Morgan fingerprint density at radius 2 is 2.00 bits per heavy atom. The lowest BCUT2D eigenvalue weighted by Crippen LogP contribution is -2.44. The summed E-state index contributed by atoms with van der Waals surface area (Å²) in [7, 11) is 0. The predicted octanol–water partition coefficient (Wildman–Crippen LogP) is 5.07. The molecule has 0 aliphatic carbocycles. The van der Waals surface area contributed by atoms with Gasteiger partial charge in [-0.05, 0) is 33.8 Å². The Balaban J connectivity index is 1.55. The summed E-state index contributed by atoms with van der Waals surface area (Å²) in [6.07, 6.45) is -3.46. The van der Waals surface area contributed by atoms with E-state index in [4.69, 9.17) is 4.74 Å². The molecule has 8 nitrogen and oxygen atoms in total. The Bertz CT molecular complexity index is 1300. The summed E-state index contributed by atoms with van der Waals surface area (Å²) in [4.78, 5) is 26.9. The monoisotopic (exact) mass is 520 g/mol. The number of alkyl carbamates (subject to hydrolysis) is 1. The van der Waals surface area contributed by atoms with Crippen molar-refractivity contribution < 1.29 is 27.1 Å². The highest BCUT2D eigenvalue weighted by atomic mass is 19.3. The van der Waals surface area contributed by atoms with Gasteiger partial charge in [0.1, 0.15) is 35.1 Å². The molecule has 37 heavy (non-hydrogen) atoms. The molecule has 3 heterocycles. The quantitative estimate of drug-likeness (QED) is 0.439. The lowest BCUT2D eigenvalue weighted by Gasteiger charge is -2.22. The van der Waals surface area contributed by atoms with Gasteiger partial charge in [-0.15, -0.1) is 0 Å². The van der Waals surface area contributed by atoms with Gasteiger partial charge >= 0.3 is 6.09 Å². The molecule has 1 fully saturated rings. The maximum absolute atomic E-state index is 14.7. The molecule has 0 bridgehead atoms. The third kappa shape index (κ3) is 6.17. The molecule has 1 aliphatic rings. The number of alkyl halides is 3. The number of ether oxygens (including phenoxy) is 1. The number of aromatic nitrogens is 3. The first-order chi connectivity index (χ1) is 17.4. The van der Waals surface area contributed by atoms with E-state index in [0.717, 1.165) is 6.07 Å². The standard InChI is InChI=1S/C25H28F4N6O2/c1-13-32-18-10-30-20(35-11-17(26)19(12-35)34-24(36)37-25(2,3)4)8-16(18)23(33-13)31-9-14-6-5-7-15(21(14)27)22(28)29/h5-8,10,17,19,22H,9,11-12H2,1-4H3,(H,34,36)(H,31,32,33)/t17-,19+/m1/s1. The van der Waals surface area contributed by atoms with Gasteiger partial charge in [-0.25, -0.2) is 37.3 Å². The van der Waals surface area contributed by atoms with Crippen LogP contribution in [0.15, 0.2) is 30.5 Å². The zero-order valence-corrected chi connectivity index (χ0v) is 20.9. The Labute approximate surface area is 211 Å². The van der Waals surface area contributed by atoms with Gasteiger partial charge in [0.05, 0.1) is 29.9 Å². The number of rotatable bonds is 6. The largest absolute Gasteiger partial charge is 0.444 e. The molecule has 2 N–H and O–H groups in total. The maximum atomic E-state index is 14.7. The molecule has 0 spiro atoms. The zero-order valence-electron chi connectivity index (χ0n) is 20.9. The molecule has 198 valence electrons. The van der Waals surface area contributed by atoms with Crippen LogP contribution in [-0.2, 0) is 11.3 Å². The maximum Gasteiger partial charge on any atom is 0.408 e. The number of nitrogens with zero attached hydrogens (tertiary/aromatic N) is 4. The number of anilines is 2. The van der Waals surface area contributed by atoms with E-state index in [1.165, 1.54) is 18.3 Å². The molecule has 1 amide bonds. The van der Waals surface area contributed by atoms with Gasteiger partial charge in [0, 0.05) is 24.0 Å². The number of aryl methyl sites for hydroxylation is 1. The van der Waals surface area contributed by atoms with Crippen molar-refractivity contribution in [1.29, 1.82) is 0 Å². The van der Waals surface area contributed by atoms with Crippen molar-refractivity contribution in [3.63, 3.8) is 0 Å². The Kier molecular flexibility index (Phi) is 7.37. The number of hydrogen-bond acceptors (Lipinski definition) is 7. The van der Waals surface area contributed by atoms with Crippen LogP contribution in [0.5, 0.6) is 0 Å². The highest BCUT2D eigenvalue weighted by Crippen LogP contribution is 2.29. The molecule has 0 unspecified atom stereocenters. The number of nitrogens with one attached hydrogen (secondary N) is 2. The summed E-state index contributed by atoms with van der Waals surface area (Å²) in [6, 6.07) is 4.72. The van der Waals surface area contributed by atoms with Crippen LogP contribution in [0.2, 0.25) is 0 Å². The first kappa shape index (κ1) is 26.4. The van der Waals surface area contributed by atoms with Crippen LogP contribution in [-0.4, -0.2) is 51.9 Å². The minimum atomic E-state index is -2.93. The molecular formula is C25H28F4N6O2. The molecule has 1 aliphatic heterocycles. The number of carbonyl (C=O) groups is 1. The molecule has 0 saturated carbocycles. The normalized spacial score (nSPS) is 17.9. The summed E-state index contributed by atoms with van der Waals surface area (Å²) in [6.45, 7) is 6.92. The number of halogens is 4. The van der Waals surface area contributed by atoms with Crippen LogP contribution in [0.3, 0.4) is 0 Å². The lowest BCUT2D eigenvalue weighted by atomic mass is 10.1. The second kappa shape index (κ2) is 10.3. The molecule has 3 aromatic rings. The van der Waals surface area contributed by atoms with Crippen LogP contribution in [0.25, 0.3) is 10.9 Å². The van der Waals surface area contributed by atoms with Crippen molar-refractivity contribution in [3.8, 4) is 0 Å². The average Bonchev–Trinajstić information content (AvgIpc) is 3.16. The highest BCUT2D eigenvalue weighted by Gasteiger charge is 2.36. The summed E-state index contributed by atoms with van der Waals surface area (Å²) in [5.41, 5.74) is -0.814. The fourth-order valence-corrected chi connectivity index (χ4v) is 4.07. The fraction of sp³-hybridized carbons (Fsp3) is 0.440. The van der Waals surface area contributed by atoms with Gasteiger partial charge in [-0.1, -0.05) is 18.2 Å². The molecule has 12 heteroatoms. The van der Waals surface area contributed by atoms with Gasteiger partial charge in [-0.2, -0.15) is 0 Å². The third-order valence-corrected chi connectivity index (χ3v) is 5.74. The average molecular weight is 521 g/mol. The molecule has 1 saturated heterocycles. The molecule has 2 atom stereocenters. The van der Waals surface area contributed by atoms with E-state index in [-0.39, 0.29) is 25.2 Å². The summed E-state index contributed by atoms with van der Waals surface area (Å²) in [5.74, 6) is 0.243. The lowest BCUT2D eigenvalue weighted by molar-refractivity contribution is 0.0490. The Morgan fingerprint density at radius 3 is 2.70 bits per heavy atom. The topological polar surface area (TPSA) is 92.3 Å². The summed E-state index contributed by atoms with van der Waals surface area (Å²) < 4.78 is 60.6. The fourth-order valence-electron chi connectivity index (χ4n) is 4.07. The van der Waals surface area contributed by atoms with Crippen LogP contribution in [0, 0.1) is 12.7 Å². The minimum absolute atomic E-state index is 0.0000826. The van der Waals surface area contributed by atoms with Crippen molar-refractivity contribution in [3.05, 3.63) is 53.2 Å². The summed E-state index contributed by atoms with van der Waals surface area (Å²) >= 11 is 0. The molecule has 0 radical (unpaired) electrons. The van der Waals surface area contributed by atoms with Crippen LogP contribution >= 0.6 is 0 Å². The van der Waals surface area contributed by atoms with E-state index >= 15 is 0 Å². The second-order valence-corrected chi connectivity index (χ2v) is 9.83. The highest BCUT2D eigenvalue weighted by molar-refractivity contribution is 5.90. The van der Waals surface area contributed by atoms with E-state index in [0.29, 0.717) is 28.4 Å². The number of fused-ring (bicyclic) bond motifs is 1. The van der Waals surface area contributed by atoms with Crippen molar-refractivity contribution in [2.24, 2.45) is 0 Å². The van der Waals surface area contributed by atoms with E-state index in [2.05, 4.69) is 25.6 Å². The SMILES string of the molecule is Cc1nc(NCc2cccc(C(F)F)c2F)c2cc(N3C[C@@H](F)[C@@H](NC(=O)OC(C)(C)C)C3)ncc2n1. The molecule has 2 aromatic heterocycles. The Morgan fingerprint density at radius 1 is 1.24 bits per heavy atom. The number of benzene rings is 1. The van der Waals surface area contributed by atoms with Gasteiger partial charge in [0.2, 0.25) is 0 Å². The van der Waals surface area contributed by atoms with Crippen molar-refractivity contribution in [1.82, 2.24) is 20.3 Å². The molecular weight excluding hydrogens is 492 g/mol. The number of hydrogen-bond donors (Lipinski definition) is 2. The van der Waals surface area contributed by atoms with Gasteiger partial charge in [-0.3, -0.25) is 0 Å². The van der Waals surface area contributed by atoms with Gasteiger partial charge < -0.3 is 20.3 Å². The predicted molar refractivity (Wildman–Crippen MR) is 131 cm³/mol. The first-order valence-electron chi connectivity index (χ1n) is 11.7. The minimum Gasteiger partial charge on any atom is -0.444 e. The number of pyridine rings is 1. The zero-order chi connectivity index (χ0) is 26.9. The molecule has 4 rings (SSSR count). The number of carbonyl (C=O) groups excluding carboxylic acids is 1. The number of amides is 1. The second-order valence-electron chi connectivity index (χ2n) is 9.83. The van der Waals surface area contributed by atoms with Crippen molar-refractivity contribution in [2.75, 3.05) is 23.3 Å². The smallest absolute Gasteiger partial charge is 0.408 e. The van der Waals surface area contributed by atoms with Crippen LogP contribution in [0.4, 0.5) is 34.0 Å². The van der Waals surface area contributed by atoms with Crippen LogP contribution < -0.4 is 15.5 Å². The third-order valence-electron chi connectivity index (χ3n) is 5.74. The van der Waals surface area contributed by atoms with E-state index in [9.17, 15) is 22.4 Å². The van der Waals surface area contributed by atoms with E-state index in [1.54, 1.807) is 38.7 Å². The van der Waals surface area contributed by atoms with E-state index in [1.807, 2.05) is 0 Å². The van der Waals surface area contributed by atoms with E-state index < -0.39 is 41.7 Å². The van der Waals surface area contributed by atoms with Crippen molar-refractivity contribution in [2.45, 2.75) is 58.5 Å². The van der Waals surface area contributed by atoms with Gasteiger partial charge in [0.25, 0.3) is 6.43 Å². The van der Waals surface area contributed by atoms with Crippen LogP contribution in [0.1, 0.15) is 44.1 Å². The Hall–Kier alpha value is -3.70. The first-order valence-corrected chi connectivity index (χ1v) is 11.7. The molecule has 1 aromatic carbocycles. The van der Waals surface area contributed by atoms with Crippen molar-refractivity contribution >= 4 is 28.6 Å². The van der Waals surface area contributed by atoms with Gasteiger partial charge in [0.15, 0.2) is 0 Å². The summed E-state index contributed by atoms with van der Waals surface area (Å²) in [5, 5.41) is 6.11.